The number of nitrogens with zero attached hydrogens (tertiary/aromatic N) is 4. The topological polar surface area (TPSA) is 56.7 Å². The van der Waals surface area contributed by atoms with Crippen LogP contribution in [0.1, 0.15) is 104 Å². The molecule has 0 atom stereocenters. The van der Waals surface area contributed by atoms with E-state index in [4.69, 9.17) is 18.5 Å². The zero-order chi connectivity index (χ0) is 48.4. The van der Waals surface area contributed by atoms with Crippen LogP contribution in [0.4, 0.5) is 0 Å². The Labute approximate surface area is 419 Å². The number of imidazole rings is 1. The van der Waals surface area contributed by atoms with E-state index in [1.54, 1.807) is 18.2 Å². The molecule has 5 nitrogen and oxygen atoms in total. The summed E-state index contributed by atoms with van der Waals surface area (Å²) in [5.74, 6) is 2.61. The molecule has 0 spiro atoms. The average Bonchev–Trinajstić information content (AvgIpc) is 4.02. The Morgan fingerprint density at radius 3 is 1.97 bits per heavy atom. The van der Waals surface area contributed by atoms with Crippen LogP contribution >= 0.6 is 0 Å². The molecule has 3 aromatic heterocycles. The first kappa shape index (κ1) is 42.6. The van der Waals surface area contributed by atoms with Gasteiger partial charge in [0.2, 0.25) is 5.89 Å². The molecule has 1 saturated carbocycles. The van der Waals surface area contributed by atoms with Crippen LogP contribution in [0.2, 0.25) is 0 Å². The number of oxazole rings is 1. The third-order valence-corrected chi connectivity index (χ3v) is 13.0. The van der Waals surface area contributed by atoms with Crippen LogP contribution in [0.3, 0.4) is 0 Å². The molecule has 341 valence electrons. The molecule has 3 heterocycles. The van der Waals surface area contributed by atoms with Gasteiger partial charge >= 0.3 is 0 Å². The van der Waals surface area contributed by atoms with Crippen molar-refractivity contribution in [3.8, 4) is 62.0 Å². The fourth-order valence-corrected chi connectivity index (χ4v) is 9.53. The molecule has 0 N–H and O–H groups in total. The zero-order valence-electron chi connectivity index (χ0n) is 42.0. The molecule has 1 aliphatic rings. The summed E-state index contributed by atoms with van der Waals surface area (Å²) in [4.78, 5) is 14.6. The molecular weight excluding hydrogens is 1010 g/mol. The number of aryl methyl sites for hydroxylation is 1. The maximum Gasteiger partial charge on any atom is 0.216 e. The summed E-state index contributed by atoms with van der Waals surface area (Å²) in [5.41, 5.74) is 16.9. The van der Waals surface area contributed by atoms with Gasteiger partial charge in [-0.05, 0) is 118 Å². The minimum Gasteiger partial charge on any atom is -0.484 e. The molecule has 68 heavy (non-hydrogen) atoms. The van der Waals surface area contributed by atoms with Crippen LogP contribution in [-0.2, 0) is 20.1 Å². The predicted octanol–water partition coefficient (Wildman–Crippen LogP) is 16.8. The molecule has 10 aromatic rings. The third-order valence-electron chi connectivity index (χ3n) is 13.0. The standard InChI is InChI=1S/C50H46N3O.C12H10N.Ir/c1-32(2)41-28-39(35-18-10-6-11-19-35)29-42(33(3)4)47(41)53-46-23-15-14-22-44(46)51-49(53)40-30-43(37-26-24-36(25-27-37)34-16-8-5-9-17-34)48-45(31-40)52-50(54-48)38-20-12-7-13-21-38;1-10-7-8-12(13-9-10)11-5-3-2-4-6-11;/h6-7,10-15,18-30,32-34H,5,8-9,16-17H2,1-4H3;2-5,7-9H,1H3;/q2*-1;/i;1D3;. The normalized spacial score (nSPS) is 13.7. The summed E-state index contributed by atoms with van der Waals surface area (Å²) in [7, 11) is 0. The van der Waals surface area contributed by atoms with Gasteiger partial charge in [-0.2, -0.15) is 0 Å². The van der Waals surface area contributed by atoms with Gasteiger partial charge in [-0.15, -0.1) is 53.6 Å². The second kappa shape index (κ2) is 20.7. The van der Waals surface area contributed by atoms with Crippen molar-refractivity contribution >= 4 is 22.1 Å². The minimum atomic E-state index is -2.09. The SMILES string of the molecule is CC(C)c1cc(-c2ccccc2)cc(C(C)C)c1-n1c(-c2[c-]c3nc(-c4ccccc4)oc3c(-c3ccc(C4CCCCC4)cc3)c2)nc2ccccc21.[2H]C([2H])([2H])c1ccc(-c2[c-]cccc2)nc1.[Ir]. The van der Waals surface area contributed by atoms with Crippen LogP contribution in [0.25, 0.3) is 84.2 Å². The fourth-order valence-electron chi connectivity index (χ4n) is 9.53. The Morgan fingerprint density at radius 2 is 1.32 bits per heavy atom. The zero-order valence-corrected chi connectivity index (χ0v) is 41.4. The number of hydrogen-bond acceptors (Lipinski definition) is 4. The molecule has 0 amide bonds. The molecule has 1 fully saturated rings. The van der Waals surface area contributed by atoms with Crippen molar-refractivity contribution in [2.24, 2.45) is 0 Å². The number of pyridine rings is 1. The van der Waals surface area contributed by atoms with Gasteiger partial charge in [-0.1, -0.05) is 150 Å². The van der Waals surface area contributed by atoms with Crippen molar-refractivity contribution in [2.45, 2.75) is 84.4 Å². The van der Waals surface area contributed by atoms with Crippen LogP contribution in [0.5, 0.6) is 0 Å². The first-order valence-corrected chi connectivity index (χ1v) is 23.7. The Bertz CT molecular complexity index is 3350. The van der Waals surface area contributed by atoms with Gasteiger partial charge in [0.25, 0.3) is 0 Å². The first-order chi connectivity index (χ1) is 34.0. The first-order valence-electron chi connectivity index (χ1n) is 25.2. The Hall–Kier alpha value is -6.72. The second-order valence-corrected chi connectivity index (χ2v) is 18.3. The van der Waals surface area contributed by atoms with Crippen LogP contribution < -0.4 is 0 Å². The summed E-state index contributed by atoms with van der Waals surface area (Å²) in [5, 5.41) is 0. The number of rotatable bonds is 9. The van der Waals surface area contributed by atoms with Gasteiger partial charge in [-0.3, -0.25) is 4.98 Å². The molecule has 0 aliphatic heterocycles. The van der Waals surface area contributed by atoms with E-state index in [9.17, 15) is 0 Å². The van der Waals surface area contributed by atoms with Crippen molar-refractivity contribution in [3.63, 3.8) is 0 Å². The second-order valence-electron chi connectivity index (χ2n) is 18.3. The van der Waals surface area contributed by atoms with Crippen LogP contribution in [-0.4, -0.2) is 19.5 Å². The monoisotopic (exact) mass is 1070 g/mol. The Morgan fingerprint density at radius 1 is 0.647 bits per heavy atom. The summed E-state index contributed by atoms with van der Waals surface area (Å²) in [6.45, 7) is 7.09. The van der Waals surface area contributed by atoms with Crippen molar-refractivity contribution in [3.05, 3.63) is 204 Å². The van der Waals surface area contributed by atoms with Gasteiger partial charge in [0, 0.05) is 47.2 Å². The van der Waals surface area contributed by atoms with E-state index in [2.05, 4.69) is 146 Å². The molecule has 6 heteroatoms. The maximum absolute atomic E-state index is 7.23. The number of benzene rings is 7. The van der Waals surface area contributed by atoms with Crippen molar-refractivity contribution in [1.82, 2.24) is 19.5 Å². The maximum atomic E-state index is 7.23. The molecule has 0 unspecified atom stereocenters. The van der Waals surface area contributed by atoms with E-state index in [-0.39, 0.29) is 37.5 Å². The van der Waals surface area contributed by atoms with Gasteiger partial charge < -0.3 is 14.0 Å². The molecule has 1 radical (unpaired) electrons. The Balaban J connectivity index is 0.000000313. The van der Waals surface area contributed by atoms with Gasteiger partial charge in [0.15, 0.2) is 0 Å². The molecule has 1 aliphatic carbocycles. The number of hydrogen-bond donors (Lipinski definition) is 0. The molecule has 0 bridgehead atoms. The van der Waals surface area contributed by atoms with E-state index < -0.39 is 6.85 Å². The van der Waals surface area contributed by atoms with E-state index in [0.717, 1.165) is 56.0 Å². The van der Waals surface area contributed by atoms with Crippen molar-refractivity contribution in [2.75, 3.05) is 0 Å². The smallest absolute Gasteiger partial charge is 0.216 e. The summed E-state index contributed by atoms with van der Waals surface area (Å²) >= 11 is 0. The van der Waals surface area contributed by atoms with E-state index in [0.29, 0.717) is 17.3 Å². The molecular formula is C62H56IrN4O-2. The van der Waals surface area contributed by atoms with Crippen molar-refractivity contribution in [1.29, 1.82) is 0 Å². The summed E-state index contributed by atoms with van der Waals surface area (Å²) in [6.07, 6.45) is 7.93. The van der Waals surface area contributed by atoms with Gasteiger partial charge in [0.05, 0.1) is 22.4 Å². The number of fused-ring (bicyclic) bond motifs is 2. The quantitative estimate of drug-likeness (QED) is 0.135. The van der Waals surface area contributed by atoms with E-state index in [1.807, 2.05) is 48.5 Å². The summed E-state index contributed by atoms with van der Waals surface area (Å²) < 4.78 is 30.7. The predicted molar refractivity (Wildman–Crippen MR) is 276 cm³/mol. The number of aromatic nitrogens is 4. The van der Waals surface area contributed by atoms with Crippen LogP contribution in [0.15, 0.2) is 174 Å². The van der Waals surface area contributed by atoms with E-state index >= 15 is 0 Å². The minimum absolute atomic E-state index is 0. The molecule has 11 rings (SSSR count). The fraction of sp³-hybridized carbons (Fsp3) is 0.210. The van der Waals surface area contributed by atoms with Crippen molar-refractivity contribution < 1.29 is 28.6 Å². The van der Waals surface area contributed by atoms with Gasteiger partial charge in [0.1, 0.15) is 0 Å². The number of para-hydroxylation sites is 2. The largest absolute Gasteiger partial charge is 0.484 e. The summed E-state index contributed by atoms with van der Waals surface area (Å²) in [6, 6.07) is 63.1. The van der Waals surface area contributed by atoms with E-state index in [1.165, 1.54) is 71.8 Å². The molecule has 0 saturated heterocycles. The van der Waals surface area contributed by atoms with Crippen LogP contribution in [0, 0.1) is 19.0 Å². The third kappa shape index (κ3) is 9.67. The Kier molecular flexibility index (Phi) is 12.9. The molecule has 7 aromatic carbocycles. The average molecular weight is 1070 g/mol. The van der Waals surface area contributed by atoms with Gasteiger partial charge in [-0.25, -0.2) is 4.98 Å².